The minimum atomic E-state index is -4.90. The normalized spacial score (nSPS) is 11.2. The summed E-state index contributed by atoms with van der Waals surface area (Å²) in [7, 11) is 0. The van der Waals surface area contributed by atoms with E-state index in [9.17, 15) is 22.4 Å². The lowest BCUT2D eigenvalue weighted by Gasteiger charge is -2.10. The van der Waals surface area contributed by atoms with Crippen molar-refractivity contribution in [3.63, 3.8) is 0 Å². The molecular formula is C9H6F4IN3O. The third-order valence-electron chi connectivity index (χ3n) is 1.80. The van der Waals surface area contributed by atoms with Gasteiger partial charge in [-0.15, -0.1) is 0 Å². The highest BCUT2D eigenvalue weighted by Crippen LogP contribution is 2.34. The Bertz CT molecular complexity index is 523. The van der Waals surface area contributed by atoms with Crippen LogP contribution >= 0.6 is 22.6 Å². The number of rotatable bonds is 1. The number of aliphatic imine (C=N–C) groups is 1. The van der Waals surface area contributed by atoms with Crippen LogP contribution in [0.3, 0.4) is 0 Å². The zero-order valence-electron chi connectivity index (χ0n) is 8.55. The van der Waals surface area contributed by atoms with Gasteiger partial charge >= 0.3 is 6.18 Å². The van der Waals surface area contributed by atoms with E-state index >= 15 is 0 Å². The molecule has 0 aliphatic rings. The SMILES string of the molecule is NC(N)=NC(=O)c1cc(I)cc(C(F)(F)F)c1F. The van der Waals surface area contributed by atoms with Crippen LogP contribution in [0, 0.1) is 9.39 Å². The van der Waals surface area contributed by atoms with Crippen molar-refractivity contribution in [1.29, 1.82) is 0 Å². The van der Waals surface area contributed by atoms with E-state index in [0.717, 1.165) is 6.07 Å². The molecule has 98 valence electrons. The maximum atomic E-state index is 13.6. The second-order valence-electron chi connectivity index (χ2n) is 3.15. The minimum absolute atomic E-state index is 0.0375. The van der Waals surface area contributed by atoms with Gasteiger partial charge in [0.1, 0.15) is 5.82 Å². The molecule has 0 heterocycles. The molecule has 0 radical (unpaired) electrons. The van der Waals surface area contributed by atoms with Crippen LogP contribution in [0.15, 0.2) is 17.1 Å². The number of nitrogens with two attached hydrogens (primary N) is 2. The second-order valence-corrected chi connectivity index (χ2v) is 4.40. The highest BCUT2D eigenvalue weighted by Gasteiger charge is 2.36. The molecule has 0 aliphatic carbocycles. The molecule has 9 heteroatoms. The summed E-state index contributed by atoms with van der Waals surface area (Å²) < 4.78 is 51.1. The van der Waals surface area contributed by atoms with Crippen LogP contribution in [0.1, 0.15) is 15.9 Å². The molecule has 1 aromatic rings. The van der Waals surface area contributed by atoms with Gasteiger partial charge in [0.15, 0.2) is 5.96 Å². The van der Waals surface area contributed by atoms with Crippen molar-refractivity contribution in [2.24, 2.45) is 16.5 Å². The third-order valence-corrected chi connectivity index (χ3v) is 2.43. The third kappa shape index (κ3) is 3.31. The van der Waals surface area contributed by atoms with Crippen LogP contribution in [-0.4, -0.2) is 11.9 Å². The standard InChI is InChI=1S/C9H6F4IN3O/c10-6-4(7(18)17-8(15)16)1-3(14)2-5(6)9(11,12)13/h1-2H,(H4,15,16,17,18). The summed E-state index contributed by atoms with van der Waals surface area (Å²) >= 11 is 1.52. The Labute approximate surface area is 112 Å². The van der Waals surface area contributed by atoms with E-state index in [1.165, 1.54) is 22.6 Å². The molecule has 0 saturated heterocycles. The Morgan fingerprint density at radius 2 is 1.83 bits per heavy atom. The maximum Gasteiger partial charge on any atom is 0.419 e. The molecule has 1 aromatic carbocycles. The lowest BCUT2D eigenvalue weighted by atomic mass is 10.1. The van der Waals surface area contributed by atoms with Gasteiger partial charge in [-0.1, -0.05) is 0 Å². The second kappa shape index (κ2) is 5.08. The van der Waals surface area contributed by atoms with Gasteiger partial charge in [0, 0.05) is 3.57 Å². The summed E-state index contributed by atoms with van der Waals surface area (Å²) in [6.45, 7) is 0. The highest BCUT2D eigenvalue weighted by molar-refractivity contribution is 14.1. The molecule has 4 nitrogen and oxygen atoms in total. The molecule has 0 atom stereocenters. The lowest BCUT2D eigenvalue weighted by molar-refractivity contribution is -0.140. The number of alkyl halides is 3. The van der Waals surface area contributed by atoms with Crippen LogP contribution in [-0.2, 0) is 6.18 Å². The zero-order chi connectivity index (χ0) is 14.1. The summed E-state index contributed by atoms with van der Waals surface area (Å²) in [4.78, 5) is 14.3. The predicted molar refractivity (Wildman–Crippen MR) is 64.3 cm³/mol. The van der Waals surface area contributed by atoms with Crippen LogP contribution in [0.2, 0.25) is 0 Å². The Morgan fingerprint density at radius 1 is 1.28 bits per heavy atom. The van der Waals surface area contributed by atoms with Crippen molar-refractivity contribution >= 4 is 34.5 Å². The van der Waals surface area contributed by atoms with E-state index in [2.05, 4.69) is 4.99 Å². The first-order chi connectivity index (χ1) is 8.12. The molecule has 0 fully saturated rings. The van der Waals surface area contributed by atoms with Gasteiger partial charge in [-0.3, -0.25) is 4.79 Å². The smallest absolute Gasteiger partial charge is 0.370 e. The van der Waals surface area contributed by atoms with Gasteiger partial charge in [0.25, 0.3) is 5.91 Å². The first kappa shape index (κ1) is 14.7. The van der Waals surface area contributed by atoms with E-state index in [-0.39, 0.29) is 3.57 Å². The molecule has 4 N–H and O–H groups in total. The van der Waals surface area contributed by atoms with Gasteiger partial charge in [-0.2, -0.15) is 18.2 Å². The number of nitrogens with zero attached hydrogens (tertiary/aromatic N) is 1. The average Bonchev–Trinajstić information content (AvgIpc) is 2.18. The minimum Gasteiger partial charge on any atom is -0.370 e. The quantitative estimate of drug-likeness (QED) is 0.340. The number of amides is 1. The Balaban J connectivity index is 3.44. The van der Waals surface area contributed by atoms with Gasteiger partial charge < -0.3 is 11.5 Å². The first-order valence-corrected chi connectivity index (χ1v) is 5.41. The first-order valence-electron chi connectivity index (χ1n) is 4.33. The van der Waals surface area contributed by atoms with Crippen LogP contribution in [0.25, 0.3) is 0 Å². The number of hydrogen-bond acceptors (Lipinski definition) is 1. The molecule has 1 rings (SSSR count). The number of halogens is 5. The molecular weight excluding hydrogens is 369 g/mol. The van der Waals surface area contributed by atoms with Crippen molar-refractivity contribution in [3.8, 4) is 0 Å². The summed E-state index contributed by atoms with van der Waals surface area (Å²) in [5.74, 6) is -3.62. The lowest BCUT2D eigenvalue weighted by Crippen LogP contribution is -2.24. The Morgan fingerprint density at radius 3 is 2.28 bits per heavy atom. The van der Waals surface area contributed by atoms with E-state index in [4.69, 9.17) is 11.5 Å². The topological polar surface area (TPSA) is 81.5 Å². The molecule has 0 spiro atoms. The van der Waals surface area contributed by atoms with Crippen LogP contribution in [0.5, 0.6) is 0 Å². The van der Waals surface area contributed by atoms with Gasteiger partial charge in [0.05, 0.1) is 11.1 Å². The fourth-order valence-electron chi connectivity index (χ4n) is 1.13. The van der Waals surface area contributed by atoms with Gasteiger partial charge in [-0.25, -0.2) is 4.39 Å². The molecule has 1 amide bonds. The molecule has 0 bridgehead atoms. The van der Waals surface area contributed by atoms with E-state index in [1.807, 2.05) is 0 Å². The summed E-state index contributed by atoms with van der Waals surface area (Å²) in [6.07, 6.45) is -4.90. The monoisotopic (exact) mass is 375 g/mol. The fraction of sp³-hybridized carbons (Fsp3) is 0.111. The van der Waals surface area contributed by atoms with Crippen molar-refractivity contribution in [1.82, 2.24) is 0 Å². The number of carbonyl (C=O) groups excluding carboxylic acids is 1. The molecule has 0 unspecified atom stereocenters. The van der Waals surface area contributed by atoms with Gasteiger partial charge in [0.2, 0.25) is 0 Å². The van der Waals surface area contributed by atoms with E-state index in [1.54, 1.807) is 0 Å². The highest BCUT2D eigenvalue weighted by atomic mass is 127. The summed E-state index contributed by atoms with van der Waals surface area (Å²) in [5, 5.41) is 0. The largest absolute Gasteiger partial charge is 0.419 e. The summed E-state index contributed by atoms with van der Waals surface area (Å²) in [5.41, 5.74) is 7.44. The van der Waals surface area contributed by atoms with Crippen molar-refractivity contribution in [2.45, 2.75) is 6.18 Å². The van der Waals surface area contributed by atoms with E-state index in [0.29, 0.717) is 6.07 Å². The predicted octanol–water partition coefficient (Wildman–Crippen LogP) is 1.86. The Kier molecular flexibility index (Phi) is 4.14. The fourth-order valence-corrected chi connectivity index (χ4v) is 1.75. The number of hydrogen-bond donors (Lipinski definition) is 2. The van der Waals surface area contributed by atoms with Gasteiger partial charge in [-0.05, 0) is 34.7 Å². The Hall–Kier alpha value is -1.39. The molecule has 0 saturated carbocycles. The van der Waals surface area contributed by atoms with Crippen molar-refractivity contribution in [2.75, 3.05) is 0 Å². The number of guanidine groups is 1. The number of benzene rings is 1. The molecule has 0 aromatic heterocycles. The van der Waals surface area contributed by atoms with E-state index < -0.39 is 35.0 Å². The average molecular weight is 375 g/mol. The summed E-state index contributed by atoms with van der Waals surface area (Å²) in [6, 6.07) is 1.52. The molecule has 0 aliphatic heterocycles. The zero-order valence-corrected chi connectivity index (χ0v) is 10.7. The van der Waals surface area contributed by atoms with Crippen molar-refractivity contribution < 1.29 is 22.4 Å². The van der Waals surface area contributed by atoms with Crippen LogP contribution in [0.4, 0.5) is 17.6 Å². The molecule has 18 heavy (non-hydrogen) atoms. The van der Waals surface area contributed by atoms with Crippen molar-refractivity contribution in [3.05, 3.63) is 32.6 Å². The van der Waals surface area contributed by atoms with Crippen LogP contribution < -0.4 is 11.5 Å². The maximum absolute atomic E-state index is 13.6. The number of carbonyl (C=O) groups is 1.